The molecule has 0 amide bonds. The van der Waals surface area contributed by atoms with Crippen LogP contribution in [-0.2, 0) is 0 Å². The number of fused-ring (bicyclic) bond motifs is 1. The highest BCUT2D eigenvalue weighted by Gasteiger charge is 2.28. The molecule has 5 nitrogen and oxygen atoms in total. The lowest BCUT2D eigenvalue weighted by atomic mass is 9.69. The molecule has 1 aromatic heterocycles. The summed E-state index contributed by atoms with van der Waals surface area (Å²) in [5.41, 5.74) is 11.9. The fraction of sp³-hybridized carbons (Fsp3) is 0.659. The van der Waals surface area contributed by atoms with Gasteiger partial charge in [-0.3, -0.25) is 4.99 Å². The first kappa shape index (κ1) is 42.4. The predicted molar refractivity (Wildman–Crippen MR) is 211 cm³/mol. The van der Waals surface area contributed by atoms with Crippen LogP contribution in [-0.4, -0.2) is 41.8 Å². The fourth-order valence-electron chi connectivity index (χ4n) is 6.15. The highest BCUT2D eigenvalue weighted by molar-refractivity contribution is 7.71. The average molecular weight is 666 g/mol. The smallest absolute Gasteiger partial charge is 0.103 e. The van der Waals surface area contributed by atoms with Crippen LogP contribution in [0.1, 0.15) is 131 Å². The van der Waals surface area contributed by atoms with Gasteiger partial charge in [0.05, 0.1) is 0 Å². The van der Waals surface area contributed by atoms with E-state index in [-0.39, 0.29) is 5.54 Å². The molecule has 2 fully saturated rings. The molecule has 0 aromatic carbocycles. The van der Waals surface area contributed by atoms with Crippen LogP contribution in [0.4, 0.5) is 0 Å². The summed E-state index contributed by atoms with van der Waals surface area (Å²) < 4.78 is 0.796. The second kappa shape index (κ2) is 23.7. The van der Waals surface area contributed by atoms with Gasteiger partial charge in [-0.1, -0.05) is 96.5 Å². The van der Waals surface area contributed by atoms with Gasteiger partial charge in [-0.25, -0.2) is 0 Å². The van der Waals surface area contributed by atoms with Gasteiger partial charge in [0.1, 0.15) is 4.64 Å². The zero-order chi connectivity index (χ0) is 35.2. The number of aryl methyl sites for hydroxylation is 1. The Morgan fingerprint density at radius 3 is 2.23 bits per heavy atom. The van der Waals surface area contributed by atoms with Gasteiger partial charge < -0.3 is 20.9 Å². The Morgan fingerprint density at radius 1 is 1.11 bits per heavy atom. The number of hydrogen-bond donors (Lipinski definition) is 3. The summed E-state index contributed by atoms with van der Waals surface area (Å²) >= 11 is 4.84. The van der Waals surface area contributed by atoms with Gasteiger partial charge in [0.2, 0.25) is 0 Å². The van der Waals surface area contributed by atoms with Crippen molar-refractivity contribution in [3.8, 4) is 0 Å². The van der Waals surface area contributed by atoms with Crippen molar-refractivity contribution in [3.63, 3.8) is 0 Å². The standard InChI is InChI=1S/C17H31N3.C10H19N.C6H7NS.C6H8.C2H6/c1-5-6-8-15-11-17(3,4)20-13-16(14(2)18)9-7-10-19-12-15;1-4-5-6-10-7-8-11(3)9(10)2;1-5-3-2-4-6(8)7-5;1-2-6-4-3-5(1)6;1-2/h10,13,15,20H,2,5-9,11-12,18H2,1,3-4H3;10H,2,4-8H2,1,3H3;2-4H,1H3,(H,7,8);1,6H,2-4H2;1-2H3/b16-13-,19-10?;;;;. The van der Waals surface area contributed by atoms with Crippen molar-refractivity contribution in [1.82, 2.24) is 15.2 Å². The van der Waals surface area contributed by atoms with Gasteiger partial charge in [-0.2, -0.15) is 0 Å². The monoisotopic (exact) mass is 666 g/mol. The number of hydrogen-bond acceptors (Lipinski definition) is 5. The Balaban J connectivity index is 0.000000339. The molecule has 4 N–H and O–H groups in total. The molecule has 2 aliphatic heterocycles. The van der Waals surface area contributed by atoms with Crippen molar-refractivity contribution in [2.75, 3.05) is 20.1 Å². The number of aromatic amines is 1. The SMILES string of the molecule is C1=C2CCC2C1.C=C(N)/C1=C\NC(C)(C)CC(CCCC)CN=CCC1.C=C1C(CCCC)CCN1C.CC.Cc1cccc(=S)[nH]1. The number of aromatic nitrogens is 1. The van der Waals surface area contributed by atoms with E-state index in [1.54, 1.807) is 5.57 Å². The number of H-pyrrole nitrogens is 1. The molecule has 1 saturated heterocycles. The molecule has 1 aromatic rings. The number of nitrogens with one attached hydrogen (secondary N) is 2. The third-order valence-electron chi connectivity index (χ3n) is 9.42. The van der Waals surface area contributed by atoms with E-state index in [0.29, 0.717) is 11.6 Å². The molecule has 0 radical (unpaired) electrons. The van der Waals surface area contributed by atoms with E-state index in [0.717, 1.165) is 53.6 Å². The van der Waals surface area contributed by atoms with Crippen LogP contribution in [0.5, 0.6) is 0 Å². The molecule has 266 valence electrons. The molecule has 3 atom stereocenters. The van der Waals surface area contributed by atoms with E-state index in [1.807, 2.05) is 45.2 Å². The van der Waals surface area contributed by atoms with Crippen LogP contribution >= 0.6 is 12.2 Å². The maximum atomic E-state index is 5.85. The van der Waals surface area contributed by atoms with Gasteiger partial charge in [-0.05, 0) is 120 Å². The van der Waals surface area contributed by atoms with Crippen molar-refractivity contribution >= 4 is 18.4 Å². The quantitative estimate of drug-likeness (QED) is 0.200. The minimum atomic E-state index is 0.0684. The maximum Gasteiger partial charge on any atom is 0.103 e. The summed E-state index contributed by atoms with van der Waals surface area (Å²) in [5, 5.41) is 3.54. The minimum Gasteiger partial charge on any atom is -0.399 e. The molecule has 1 saturated carbocycles. The molecule has 47 heavy (non-hydrogen) atoms. The zero-order valence-corrected chi connectivity index (χ0v) is 32.4. The first-order valence-electron chi connectivity index (χ1n) is 18.6. The number of nitrogens with two attached hydrogens (primary N) is 1. The zero-order valence-electron chi connectivity index (χ0n) is 31.6. The Morgan fingerprint density at radius 2 is 1.79 bits per heavy atom. The largest absolute Gasteiger partial charge is 0.399 e. The van der Waals surface area contributed by atoms with Crippen LogP contribution in [0.3, 0.4) is 0 Å². The highest BCUT2D eigenvalue weighted by Crippen LogP contribution is 2.43. The van der Waals surface area contributed by atoms with Gasteiger partial charge in [0.15, 0.2) is 0 Å². The number of rotatable bonds is 7. The first-order valence-corrected chi connectivity index (χ1v) is 19.0. The predicted octanol–water partition coefficient (Wildman–Crippen LogP) is 11.2. The second-order valence-corrected chi connectivity index (χ2v) is 14.5. The second-order valence-electron chi connectivity index (χ2n) is 14.0. The fourth-order valence-corrected chi connectivity index (χ4v) is 6.39. The molecule has 0 spiro atoms. The number of pyridine rings is 1. The number of unbranched alkanes of at least 4 members (excludes halogenated alkanes) is 2. The molecule has 4 aliphatic rings. The maximum absolute atomic E-state index is 5.85. The lowest BCUT2D eigenvalue weighted by molar-refractivity contribution is 0.311. The third kappa shape index (κ3) is 17.4. The Kier molecular flexibility index (Phi) is 21.4. The molecule has 3 unspecified atom stereocenters. The summed E-state index contributed by atoms with van der Waals surface area (Å²) in [7, 11) is 2.15. The van der Waals surface area contributed by atoms with Gasteiger partial charge in [-0.15, -0.1) is 0 Å². The first-order chi connectivity index (χ1) is 22.5. The van der Waals surface area contributed by atoms with Crippen molar-refractivity contribution in [1.29, 1.82) is 0 Å². The van der Waals surface area contributed by atoms with Crippen LogP contribution < -0.4 is 11.1 Å². The molecule has 2 aliphatic carbocycles. The van der Waals surface area contributed by atoms with Crippen molar-refractivity contribution in [2.24, 2.45) is 28.5 Å². The summed E-state index contributed by atoms with van der Waals surface area (Å²) in [6.07, 6.45) is 22.9. The van der Waals surface area contributed by atoms with E-state index < -0.39 is 0 Å². The van der Waals surface area contributed by atoms with Crippen molar-refractivity contribution in [2.45, 2.75) is 137 Å². The van der Waals surface area contributed by atoms with Crippen molar-refractivity contribution < 1.29 is 0 Å². The van der Waals surface area contributed by atoms with E-state index in [9.17, 15) is 0 Å². The molecular weight excluding hydrogens is 595 g/mol. The minimum absolute atomic E-state index is 0.0684. The number of allylic oxidation sites excluding steroid dienone is 4. The summed E-state index contributed by atoms with van der Waals surface area (Å²) in [6, 6.07) is 5.78. The molecular formula is C41H71N5S. The number of likely N-dealkylation sites (tertiary alicyclic amines) is 1. The van der Waals surface area contributed by atoms with E-state index in [4.69, 9.17) is 18.0 Å². The lowest BCUT2D eigenvalue weighted by Crippen LogP contribution is -2.38. The van der Waals surface area contributed by atoms with Crippen LogP contribution in [0.25, 0.3) is 0 Å². The summed E-state index contributed by atoms with van der Waals surface area (Å²) in [5.74, 6) is 2.52. The molecule has 6 heteroatoms. The topological polar surface area (TPSA) is 69.4 Å². The molecule has 3 heterocycles. The summed E-state index contributed by atoms with van der Waals surface area (Å²) in [6.45, 7) is 25.1. The number of aliphatic imine (C=N–C) groups is 1. The van der Waals surface area contributed by atoms with E-state index >= 15 is 0 Å². The molecule has 0 bridgehead atoms. The Hall–Kier alpha value is -2.60. The van der Waals surface area contributed by atoms with Crippen LogP contribution in [0, 0.1) is 29.3 Å². The number of nitrogens with zero attached hydrogens (tertiary/aromatic N) is 2. The van der Waals surface area contributed by atoms with E-state index in [1.165, 1.54) is 76.5 Å². The highest BCUT2D eigenvalue weighted by atomic mass is 32.1. The average Bonchev–Trinajstić information content (AvgIpc) is 3.33. The summed E-state index contributed by atoms with van der Waals surface area (Å²) in [4.78, 5) is 9.89. The van der Waals surface area contributed by atoms with Crippen LogP contribution in [0.2, 0.25) is 0 Å². The molecule has 5 rings (SSSR count). The van der Waals surface area contributed by atoms with E-state index in [2.05, 4.69) is 80.4 Å². The van der Waals surface area contributed by atoms with Gasteiger partial charge in [0.25, 0.3) is 0 Å². The van der Waals surface area contributed by atoms with Crippen molar-refractivity contribution in [3.05, 3.63) is 76.5 Å². The van der Waals surface area contributed by atoms with Gasteiger partial charge in [0, 0.05) is 49.0 Å². The Bertz CT molecular complexity index is 1190. The third-order valence-corrected chi connectivity index (χ3v) is 9.65. The normalized spacial score (nSPS) is 23.4. The Labute approximate surface area is 295 Å². The lowest BCUT2D eigenvalue weighted by Gasteiger charge is -2.36. The van der Waals surface area contributed by atoms with Crippen LogP contribution in [0.15, 0.2) is 71.2 Å². The van der Waals surface area contributed by atoms with Gasteiger partial charge >= 0.3 is 0 Å².